The Labute approximate surface area is 151 Å². The van der Waals surface area contributed by atoms with Crippen molar-refractivity contribution in [2.45, 2.75) is 6.42 Å². The number of amides is 1. The molecule has 2 fully saturated rings. The Kier molecular flexibility index (Phi) is 5.27. The average molecular weight is 362 g/mol. The van der Waals surface area contributed by atoms with Crippen molar-refractivity contribution in [3.8, 4) is 5.75 Å². The highest BCUT2D eigenvalue weighted by atomic mass is 19.1. The molecule has 3 rings (SSSR count). The molecule has 2 heterocycles. The van der Waals surface area contributed by atoms with E-state index in [9.17, 15) is 19.1 Å². The summed E-state index contributed by atoms with van der Waals surface area (Å²) < 4.78 is 18.4. The van der Waals surface area contributed by atoms with Crippen LogP contribution in [-0.2, 0) is 9.59 Å². The lowest BCUT2D eigenvalue weighted by Crippen LogP contribution is -2.41. The van der Waals surface area contributed by atoms with Crippen LogP contribution in [0.15, 0.2) is 36.9 Å². The predicted octanol–water partition coefficient (Wildman–Crippen LogP) is 1.63. The number of nitrogens with zero attached hydrogens (tertiary/aromatic N) is 2. The molecule has 2 aliphatic heterocycles. The second-order valence-corrected chi connectivity index (χ2v) is 6.91. The third kappa shape index (κ3) is 3.44. The van der Waals surface area contributed by atoms with Gasteiger partial charge in [0.05, 0.1) is 12.5 Å². The summed E-state index contributed by atoms with van der Waals surface area (Å²) in [5.74, 6) is -1.22. The van der Waals surface area contributed by atoms with Crippen LogP contribution in [0.4, 0.5) is 4.39 Å². The predicted molar refractivity (Wildman–Crippen MR) is 93.3 cm³/mol. The number of fused-ring (bicyclic) bond motifs is 1. The lowest BCUT2D eigenvalue weighted by Gasteiger charge is -2.24. The summed E-state index contributed by atoms with van der Waals surface area (Å²) in [7, 11) is 0. The van der Waals surface area contributed by atoms with E-state index in [-0.39, 0.29) is 18.3 Å². The van der Waals surface area contributed by atoms with Gasteiger partial charge in [-0.1, -0.05) is 6.08 Å². The number of aliphatic carboxylic acids is 1. The third-order valence-corrected chi connectivity index (χ3v) is 5.17. The molecule has 140 valence electrons. The molecule has 1 amide bonds. The first-order valence-electron chi connectivity index (χ1n) is 8.70. The van der Waals surface area contributed by atoms with E-state index in [1.165, 1.54) is 12.1 Å². The molecule has 6 nitrogen and oxygen atoms in total. The number of carboxylic acid groups (broad SMARTS) is 1. The molecule has 0 aliphatic carbocycles. The molecule has 1 aromatic carbocycles. The minimum Gasteiger partial charge on any atom is -0.494 e. The van der Waals surface area contributed by atoms with E-state index in [0.29, 0.717) is 45.0 Å². The number of rotatable bonds is 8. The summed E-state index contributed by atoms with van der Waals surface area (Å²) in [5.41, 5.74) is -1.03. The monoisotopic (exact) mass is 362 g/mol. The zero-order valence-electron chi connectivity index (χ0n) is 14.6. The van der Waals surface area contributed by atoms with Gasteiger partial charge < -0.3 is 19.6 Å². The molecule has 0 saturated carbocycles. The highest BCUT2D eigenvalue weighted by molar-refractivity contribution is 5.92. The fraction of sp³-hybridized carbons (Fsp3) is 0.474. The Morgan fingerprint density at radius 2 is 2.12 bits per heavy atom. The maximum Gasteiger partial charge on any atom is 0.313 e. The van der Waals surface area contributed by atoms with Crippen LogP contribution in [0.5, 0.6) is 5.75 Å². The number of benzene rings is 1. The van der Waals surface area contributed by atoms with Crippen LogP contribution in [0.2, 0.25) is 0 Å². The smallest absolute Gasteiger partial charge is 0.313 e. The molecule has 2 saturated heterocycles. The molecule has 2 atom stereocenters. The molecule has 2 aliphatic rings. The van der Waals surface area contributed by atoms with E-state index in [1.807, 2.05) is 4.90 Å². The fourth-order valence-corrected chi connectivity index (χ4v) is 3.89. The molecule has 0 radical (unpaired) electrons. The van der Waals surface area contributed by atoms with Gasteiger partial charge in [-0.2, -0.15) is 0 Å². The number of hydrogen-bond acceptors (Lipinski definition) is 4. The Bertz CT molecular complexity index is 693. The van der Waals surface area contributed by atoms with Crippen LogP contribution in [-0.4, -0.2) is 66.1 Å². The summed E-state index contributed by atoms with van der Waals surface area (Å²) in [6.07, 6.45) is 2.32. The highest BCUT2D eigenvalue weighted by Gasteiger charge is 2.61. The van der Waals surface area contributed by atoms with E-state index in [0.717, 1.165) is 0 Å². The van der Waals surface area contributed by atoms with Crippen molar-refractivity contribution < 1.29 is 23.8 Å². The lowest BCUT2D eigenvalue weighted by atomic mass is 9.81. The number of likely N-dealkylation sites (tertiary alicyclic amines) is 2. The molecule has 0 unspecified atom stereocenters. The first-order chi connectivity index (χ1) is 12.5. The van der Waals surface area contributed by atoms with Crippen molar-refractivity contribution in [3.05, 3.63) is 42.7 Å². The van der Waals surface area contributed by atoms with Gasteiger partial charge in [0.15, 0.2) is 0 Å². The zero-order valence-corrected chi connectivity index (χ0v) is 14.6. The summed E-state index contributed by atoms with van der Waals surface area (Å²) in [4.78, 5) is 28.0. The van der Waals surface area contributed by atoms with E-state index in [2.05, 4.69) is 6.58 Å². The van der Waals surface area contributed by atoms with Gasteiger partial charge in [-0.05, 0) is 30.7 Å². The summed E-state index contributed by atoms with van der Waals surface area (Å²) in [6.45, 7) is 6.17. The Morgan fingerprint density at radius 1 is 1.38 bits per heavy atom. The lowest BCUT2D eigenvalue weighted by molar-refractivity contribution is -0.149. The Hall–Kier alpha value is -2.41. The van der Waals surface area contributed by atoms with Crippen LogP contribution in [0.3, 0.4) is 0 Å². The van der Waals surface area contributed by atoms with E-state index in [4.69, 9.17) is 4.74 Å². The molecule has 7 heteroatoms. The van der Waals surface area contributed by atoms with Gasteiger partial charge in [-0.25, -0.2) is 4.39 Å². The number of halogens is 1. The van der Waals surface area contributed by atoms with E-state index < -0.39 is 17.3 Å². The quantitative estimate of drug-likeness (QED) is 0.562. The number of carbonyl (C=O) groups is 2. The highest BCUT2D eigenvalue weighted by Crippen LogP contribution is 2.43. The van der Waals surface area contributed by atoms with Gasteiger partial charge in [0.25, 0.3) is 0 Å². The van der Waals surface area contributed by atoms with Crippen LogP contribution in [0.25, 0.3) is 0 Å². The van der Waals surface area contributed by atoms with Crippen LogP contribution < -0.4 is 4.74 Å². The largest absolute Gasteiger partial charge is 0.494 e. The Balaban J connectivity index is 1.52. The van der Waals surface area contributed by atoms with Crippen molar-refractivity contribution in [3.63, 3.8) is 0 Å². The molecule has 26 heavy (non-hydrogen) atoms. The van der Waals surface area contributed by atoms with Crippen molar-refractivity contribution in [2.75, 3.05) is 39.3 Å². The van der Waals surface area contributed by atoms with E-state index in [1.54, 1.807) is 23.1 Å². The number of hydrogen-bond donors (Lipinski definition) is 1. The fourth-order valence-electron chi connectivity index (χ4n) is 3.89. The minimum absolute atomic E-state index is 0.0997. The molecular weight excluding hydrogens is 339 g/mol. The topological polar surface area (TPSA) is 70.1 Å². The van der Waals surface area contributed by atoms with E-state index >= 15 is 0 Å². The SMILES string of the molecule is C=CCN1C[C@]2(C(=O)O)CN(CCCOc3ccc(F)cc3)C[C@@H]2C1=O. The number of carboxylic acids is 1. The van der Waals surface area contributed by atoms with Crippen LogP contribution in [0.1, 0.15) is 6.42 Å². The molecule has 1 N–H and O–H groups in total. The summed E-state index contributed by atoms with van der Waals surface area (Å²) >= 11 is 0. The van der Waals surface area contributed by atoms with Gasteiger partial charge in [0.1, 0.15) is 17.0 Å². The maximum atomic E-state index is 12.9. The van der Waals surface area contributed by atoms with Gasteiger partial charge in [0, 0.05) is 32.7 Å². The average Bonchev–Trinajstić information content (AvgIpc) is 3.10. The van der Waals surface area contributed by atoms with Crippen molar-refractivity contribution in [1.29, 1.82) is 0 Å². The molecule has 0 spiro atoms. The Morgan fingerprint density at radius 3 is 2.73 bits per heavy atom. The second-order valence-electron chi connectivity index (χ2n) is 6.91. The first-order valence-corrected chi connectivity index (χ1v) is 8.70. The molecule has 0 bridgehead atoms. The van der Waals surface area contributed by atoms with Crippen LogP contribution in [0, 0.1) is 17.2 Å². The standard InChI is InChI=1S/C19H23FN2O4/c1-2-8-22-13-19(18(24)25)12-21(11-16(19)17(22)23)9-3-10-26-15-6-4-14(20)5-7-15/h2,4-7,16H,1,3,8-13H2,(H,24,25)/t16-,19-/m1/s1. The third-order valence-electron chi connectivity index (χ3n) is 5.17. The normalized spacial score (nSPS) is 25.3. The summed E-state index contributed by atoms with van der Waals surface area (Å²) in [6, 6.07) is 5.83. The second kappa shape index (κ2) is 7.45. The van der Waals surface area contributed by atoms with Crippen molar-refractivity contribution in [2.24, 2.45) is 11.3 Å². The van der Waals surface area contributed by atoms with Gasteiger partial charge in [-0.3, -0.25) is 9.59 Å². The number of ether oxygens (including phenoxy) is 1. The van der Waals surface area contributed by atoms with Gasteiger partial charge >= 0.3 is 5.97 Å². The molecule has 1 aromatic rings. The first kappa shape index (κ1) is 18.4. The molecular formula is C19H23FN2O4. The van der Waals surface area contributed by atoms with Gasteiger partial charge in [0.2, 0.25) is 5.91 Å². The van der Waals surface area contributed by atoms with Crippen molar-refractivity contribution >= 4 is 11.9 Å². The minimum atomic E-state index is -1.03. The number of carbonyl (C=O) groups excluding carboxylic acids is 1. The zero-order chi connectivity index (χ0) is 18.7. The summed E-state index contributed by atoms with van der Waals surface area (Å²) in [5, 5.41) is 9.75. The van der Waals surface area contributed by atoms with Crippen LogP contribution >= 0.6 is 0 Å². The maximum absolute atomic E-state index is 12.9. The molecule has 0 aromatic heterocycles. The van der Waals surface area contributed by atoms with Crippen molar-refractivity contribution in [1.82, 2.24) is 9.80 Å². The van der Waals surface area contributed by atoms with Gasteiger partial charge in [-0.15, -0.1) is 6.58 Å².